The highest BCUT2D eigenvalue weighted by Crippen LogP contribution is 2.27. The monoisotopic (exact) mass is 247 g/mol. The number of rotatable bonds is 2. The molecule has 1 rings (SSSR count). The maximum atomic E-state index is 5.86. The van der Waals surface area contributed by atoms with Gasteiger partial charge in [-0.15, -0.1) is 0 Å². The largest absolute Gasteiger partial charge is 0.330 e. The van der Waals surface area contributed by atoms with Crippen LogP contribution in [-0.2, 0) is 0 Å². The van der Waals surface area contributed by atoms with E-state index in [1.54, 1.807) is 0 Å². The molecule has 0 amide bonds. The van der Waals surface area contributed by atoms with E-state index < -0.39 is 0 Å². The SMILES string of the molecule is CC(CN)c1cc(Cl)ccc1Br. The summed E-state index contributed by atoms with van der Waals surface area (Å²) in [5.74, 6) is 0.345. The molecule has 0 aliphatic heterocycles. The van der Waals surface area contributed by atoms with E-state index in [-0.39, 0.29) is 0 Å². The molecule has 2 N–H and O–H groups in total. The van der Waals surface area contributed by atoms with Gasteiger partial charge in [0.05, 0.1) is 0 Å². The molecule has 0 aliphatic carbocycles. The lowest BCUT2D eigenvalue weighted by Crippen LogP contribution is -2.09. The summed E-state index contributed by atoms with van der Waals surface area (Å²) in [6, 6.07) is 5.76. The highest BCUT2D eigenvalue weighted by Gasteiger charge is 2.07. The second kappa shape index (κ2) is 4.26. The van der Waals surface area contributed by atoms with Crippen LogP contribution in [0, 0.1) is 0 Å². The first-order valence-electron chi connectivity index (χ1n) is 3.80. The lowest BCUT2D eigenvalue weighted by Gasteiger charge is -2.11. The van der Waals surface area contributed by atoms with Crippen LogP contribution in [0.15, 0.2) is 22.7 Å². The normalized spacial score (nSPS) is 13.0. The van der Waals surface area contributed by atoms with Crippen LogP contribution in [0.3, 0.4) is 0 Å². The van der Waals surface area contributed by atoms with Crippen LogP contribution in [0.5, 0.6) is 0 Å². The quantitative estimate of drug-likeness (QED) is 0.855. The van der Waals surface area contributed by atoms with Crippen molar-refractivity contribution in [3.8, 4) is 0 Å². The number of nitrogens with two attached hydrogens (primary N) is 1. The van der Waals surface area contributed by atoms with Gasteiger partial charge in [0, 0.05) is 9.50 Å². The van der Waals surface area contributed by atoms with Crippen LogP contribution in [0.2, 0.25) is 5.02 Å². The molecule has 1 unspecified atom stereocenters. The lowest BCUT2D eigenvalue weighted by atomic mass is 10.0. The molecule has 66 valence electrons. The van der Waals surface area contributed by atoms with Gasteiger partial charge in [0.25, 0.3) is 0 Å². The lowest BCUT2D eigenvalue weighted by molar-refractivity contribution is 0.770. The van der Waals surface area contributed by atoms with Crippen molar-refractivity contribution in [3.63, 3.8) is 0 Å². The van der Waals surface area contributed by atoms with Gasteiger partial charge in [-0.3, -0.25) is 0 Å². The molecule has 12 heavy (non-hydrogen) atoms. The van der Waals surface area contributed by atoms with E-state index in [1.807, 2.05) is 18.2 Å². The van der Waals surface area contributed by atoms with E-state index in [2.05, 4.69) is 22.9 Å². The van der Waals surface area contributed by atoms with Crippen molar-refractivity contribution in [3.05, 3.63) is 33.3 Å². The van der Waals surface area contributed by atoms with Crippen LogP contribution in [0.25, 0.3) is 0 Å². The van der Waals surface area contributed by atoms with Crippen LogP contribution in [-0.4, -0.2) is 6.54 Å². The van der Waals surface area contributed by atoms with Gasteiger partial charge in [0.2, 0.25) is 0 Å². The van der Waals surface area contributed by atoms with Gasteiger partial charge in [0.15, 0.2) is 0 Å². The summed E-state index contributed by atoms with van der Waals surface area (Å²) in [5.41, 5.74) is 6.73. The molecule has 1 aromatic carbocycles. The van der Waals surface area contributed by atoms with Crippen molar-refractivity contribution in [2.75, 3.05) is 6.54 Å². The Morgan fingerprint density at radius 3 is 2.83 bits per heavy atom. The summed E-state index contributed by atoms with van der Waals surface area (Å²) in [7, 11) is 0. The average molecular weight is 249 g/mol. The molecule has 0 bridgehead atoms. The minimum atomic E-state index is 0.345. The summed E-state index contributed by atoms with van der Waals surface area (Å²) >= 11 is 9.31. The average Bonchev–Trinajstić information content (AvgIpc) is 2.08. The third-order valence-electron chi connectivity index (χ3n) is 1.84. The molecule has 0 aromatic heterocycles. The Kier molecular flexibility index (Phi) is 3.56. The van der Waals surface area contributed by atoms with Gasteiger partial charge in [-0.2, -0.15) is 0 Å². The Bertz CT molecular complexity index is 275. The Morgan fingerprint density at radius 2 is 2.25 bits per heavy atom. The van der Waals surface area contributed by atoms with Crippen LogP contribution in [0.1, 0.15) is 18.4 Å². The molecular weight excluding hydrogens is 237 g/mol. The third-order valence-corrected chi connectivity index (χ3v) is 2.80. The van der Waals surface area contributed by atoms with E-state index in [0.717, 1.165) is 9.50 Å². The number of benzene rings is 1. The third kappa shape index (κ3) is 2.22. The van der Waals surface area contributed by atoms with Gasteiger partial charge in [-0.25, -0.2) is 0 Å². The first-order chi connectivity index (χ1) is 5.65. The highest BCUT2D eigenvalue weighted by atomic mass is 79.9. The van der Waals surface area contributed by atoms with Crippen LogP contribution >= 0.6 is 27.5 Å². The van der Waals surface area contributed by atoms with Crippen molar-refractivity contribution < 1.29 is 0 Å². The Labute approximate surface area is 86.0 Å². The van der Waals surface area contributed by atoms with Crippen molar-refractivity contribution in [1.82, 2.24) is 0 Å². The van der Waals surface area contributed by atoms with Crippen molar-refractivity contribution in [2.24, 2.45) is 5.73 Å². The molecular formula is C9H11BrClN. The zero-order chi connectivity index (χ0) is 9.14. The molecule has 3 heteroatoms. The van der Waals surface area contributed by atoms with Crippen LogP contribution in [0.4, 0.5) is 0 Å². The molecule has 0 fully saturated rings. The minimum absolute atomic E-state index is 0.345. The molecule has 0 heterocycles. The predicted molar refractivity (Wildman–Crippen MR) is 56.6 cm³/mol. The smallest absolute Gasteiger partial charge is 0.0409 e. The maximum absolute atomic E-state index is 5.86. The molecule has 0 saturated heterocycles. The van der Waals surface area contributed by atoms with E-state index in [1.165, 1.54) is 5.56 Å². The maximum Gasteiger partial charge on any atom is 0.0409 e. The highest BCUT2D eigenvalue weighted by molar-refractivity contribution is 9.10. The fourth-order valence-corrected chi connectivity index (χ4v) is 1.84. The number of hydrogen-bond donors (Lipinski definition) is 1. The van der Waals surface area contributed by atoms with E-state index in [9.17, 15) is 0 Å². The first-order valence-corrected chi connectivity index (χ1v) is 4.97. The van der Waals surface area contributed by atoms with Gasteiger partial charge < -0.3 is 5.73 Å². The van der Waals surface area contributed by atoms with Crippen molar-refractivity contribution in [1.29, 1.82) is 0 Å². The number of hydrogen-bond acceptors (Lipinski definition) is 1. The molecule has 0 spiro atoms. The topological polar surface area (TPSA) is 26.0 Å². The summed E-state index contributed by atoms with van der Waals surface area (Å²) in [6.45, 7) is 2.72. The minimum Gasteiger partial charge on any atom is -0.330 e. The summed E-state index contributed by atoms with van der Waals surface area (Å²) in [4.78, 5) is 0. The molecule has 0 aliphatic rings. The Morgan fingerprint density at radius 1 is 1.58 bits per heavy atom. The molecule has 1 atom stereocenters. The fourth-order valence-electron chi connectivity index (χ4n) is 1.02. The molecule has 0 radical (unpaired) electrons. The van der Waals surface area contributed by atoms with Gasteiger partial charge in [-0.05, 0) is 36.2 Å². The van der Waals surface area contributed by atoms with Crippen molar-refractivity contribution >= 4 is 27.5 Å². The van der Waals surface area contributed by atoms with Crippen LogP contribution < -0.4 is 5.73 Å². The zero-order valence-corrected chi connectivity index (χ0v) is 9.19. The molecule has 1 nitrogen and oxygen atoms in total. The summed E-state index contributed by atoms with van der Waals surface area (Å²) < 4.78 is 1.07. The Hall–Kier alpha value is -0.0500. The van der Waals surface area contributed by atoms with E-state index in [0.29, 0.717) is 12.5 Å². The summed E-state index contributed by atoms with van der Waals surface area (Å²) in [5, 5.41) is 0.758. The fraction of sp³-hybridized carbons (Fsp3) is 0.333. The molecule has 1 aromatic rings. The first kappa shape index (κ1) is 10.0. The standard InChI is InChI=1S/C9H11BrClN/c1-6(5-12)8-4-7(11)2-3-9(8)10/h2-4,6H,5,12H2,1H3. The van der Waals surface area contributed by atoms with Gasteiger partial charge >= 0.3 is 0 Å². The van der Waals surface area contributed by atoms with Gasteiger partial charge in [0.1, 0.15) is 0 Å². The summed E-state index contributed by atoms with van der Waals surface area (Å²) in [6.07, 6.45) is 0. The number of halogens is 2. The molecule has 0 saturated carbocycles. The second-order valence-corrected chi connectivity index (χ2v) is 4.09. The van der Waals surface area contributed by atoms with E-state index in [4.69, 9.17) is 17.3 Å². The van der Waals surface area contributed by atoms with Gasteiger partial charge in [-0.1, -0.05) is 34.5 Å². The van der Waals surface area contributed by atoms with Crippen molar-refractivity contribution in [2.45, 2.75) is 12.8 Å². The van der Waals surface area contributed by atoms with E-state index >= 15 is 0 Å². The predicted octanol–water partition coefficient (Wildman–Crippen LogP) is 3.16. The second-order valence-electron chi connectivity index (χ2n) is 2.80. The Balaban J connectivity index is 3.04. The zero-order valence-electron chi connectivity index (χ0n) is 6.85.